The molecule has 2 N–H and O–H groups in total. The first-order valence-electron chi connectivity index (χ1n) is 4.64. The summed E-state index contributed by atoms with van der Waals surface area (Å²) >= 11 is 1.72. The molecule has 6 heteroatoms. The highest BCUT2D eigenvalue weighted by molar-refractivity contribution is 7.98. The van der Waals surface area contributed by atoms with Crippen molar-refractivity contribution in [2.45, 2.75) is 6.54 Å². The Morgan fingerprint density at radius 1 is 1.73 bits per heavy atom. The molecule has 0 spiro atoms. The number of carbonyl (C=O) groups is 1. The minimum absolute atomic E-state index is 0.0483. The number of carbonyl (C=O) groups excluding carboxylic acids is 1. The summed E-state index contributed by atoms with van der Waals surface area (Å²) in [6, 6.07) is 0. The lowest BCUT2D eigenvalue weighted by atomic mass is 10.5. The fourth-order valence-electron chi connectivity index (χ4n) is 1.08. The molecule has 0 aliphatic rings. The molecule has 15 heavy (non-hydrogen) atoms. The van der Waals surface area contributed by atoms with Gasteiger partial charge in [-0.1, -0.05) is 0 Å². The summed E-state index contributed by atoms with van der Waals surface area (Å²) in [7, 11) is 1.80. The van der Waals surface area contributed by atoms with E-state index >= 15 is 0 Å². The molecule has 0 aromatic carbocycles. The van der Waals surface area contributed by atoms with Crippen molar-refractivity contribution >= 4 is 23.4 Å². The van der Waals surface area contributed by atoms with E-state index in [-0.39, 0.29) is 12.5 Å². The molecule has 1 amide bonds. The lowest BCUT2D eigenvalue weighted by Gasteiger charge is -2.16. The normalized spacial score (nSPS) is 10.3. The average molecular weight is 228 g/mol. The van der Waals surface area contributed by atoms with Gasteiger partial charge in [0.05, 0.1) is 11.9 Å². The number of nitrogens with zero attached hydrogens (tertiary/aromatic N) is 3. The molecule has 1 aromatic rings. The maximum atomic E-state index is 11.6. The third kappa shape index (κ3) is 3.83. The van der Waals surface area contributed by atoms with Crippen molar-refractivity contribution in [1.82, 2.24) is 14.7 Å². The molecule has 0 atom stereocenters. The van der Waals surface area contributed by atoms with Crippen molar-refractivity contribution in [1.29, 1.82) is 0 Å². The second-order valence-electron chi connectivity index (χ2n) is 3.28. The van der Waals surface area contributed by atoms with Gasteiger partial charge in [-0.05, 0) is 6.26 Å². The molecule has 0 saturated heterocycles. The van der Waals surface area contributed by atoms with E-state index in [4.69, 9.17) is 5.73 Å². The van der Waals surface area contributed by atoms with Crippen molar-refractivity contribution < 1.29 is 4.79 Å². The molecule has 1 heterocycles. The minimum atomic E-state index is 0.0483. The van der Waals surface area contributed by atoms with Crippen LogP contribution in [0.15, 0.2) is 12.4 Å². The number of amides is 1. The van der Waals surface area contributed by atoms with Gasteiger partial charge >= 0.3 is 0 Å². The van der Waals surface area contributed by atoms with E-state index in [9.17, 15) is 4.79 Å². The molecule has 0 unspecified atom stereocenters. The van der Waals surface area contributed by atoms with E-state index < -0.39 is 0 Å². The van der Waals surface area contributed by atoms with Crippen molar-refractivity contribution in [2.24, 2.45) is 0 Å². The van der Waals surface area contributed by atoms with E-state index in [0.717, 1.165) is 12.3 Å². The van der Waals surface area contributed by atoms with Gasteiger partial charge in [0.25, 0.3) is 0 Å². The number of anilines is 1. The van der Waals surface area contributed by atoms with E-state index in [2.05, 4.69) is 5.10 Å². The Kier molecular flexibility index (Phi) is 4.48. The summed E-state index contributed by atoms with van der Waals surface area (Å²) in [5, 5.41) is 3.96. The van der Waals surface area contributed by atoms with Crippen LogP contribution in [0.25, 0.3) is 0 Å². The Labute approximate surface area is 93.6 Å². The number of thioether (sulfide) groups is 1. The van der Waals surface area contributed by atoms with Gasteiger partial charge in [-0.3, -0.25) is 9.48 Å². The molecule has 0 aliphatic carbocycles. The van der Waals surface area contributed by atoms with Crippen LogP contribution < -0.4 is 5.73 Å². The minimum Gasteiger partial charge on any atom is -0.396 e. The molecular weight excluding hydrogens is 212 g/mol. The SMILES string of the molecule is CSCCN(C)C(=O)Cn1cc(N)cn1. The molecule has 5 nitrogen and oxygen atoms in total. The highest BCUT2D eigenvalue weighted by Crippen LogP contribution is 1.99. The van der Waals surface area contributed by atoms with Gasteiger partial charge in [0.15, 0.2) is 0 Å². The zero-order valence-corrected chi connectivity index (χ0v) is 9.83. The monoisotopic (exact) mass is 228 g/mol. The lowest BCUT2D eigenvalue weighted by Crippen LogP contribution is -2.32. The van der Waals surface area contributed by atoms with Gasteiger partial charge in [-0.15, -0.1) is 0 Å². The predicted octanol–water partition coefficient (Wildman–Crippen LogP) is 0.287. The summed E-state index contributed by atoms with van der Waals surface area (Å²) in [6.45, 7) is 1.01. The predicted molar refractivity (Wildman–Crippen MR) is 62.7 cm³/mol. The largest absolute Gasteiger partial charge is 0.396 e. The number of hydrogen-bond acceptors (Lipinski definition) is 4. The van der Waals surface area contributed by atoms with Crippen molar-refractivity contribution in [2.75, 3.05) is 31.3 Å². The Morgan fingerprint density at radius 3 is 3.00 bits per heavy atom. The van der Waals surface area contributed by atoms with Crippen LogP contribution in [0.4, 0.5) is 5.69 Å². The Balaban J connectivity index is 2.41. The Bertz CT molecular complexity index is 326. The van der Waals surface area contributed by atoms with E-state index in [1.165, 1.54) is 6.20 Å². The fraction of sp³-hybridized carbons (Fsp3) is 0.556. The van der Waals surface area contributed by atoms with Crippen LogP contribution in [0.3, 0.4) is 0 Å². The summed E-state index contributed by atoms with van der Waals surface area (Å²) in [4.78, 5) is 13.3. The number of likely N-dealkylation sites (N-methyl/N-ethyl adjacent to an activating group) is 1. The van der Waals surface area contributed by atoms with Gasteiger partial charge < -0.3 is 10.6 Å². The molecule has 0 fully saturated rings. The number of rotatable bonds is 5. The third-order valence-electron chi connectivity index (χ3n) is 2.01. The zero-order valence-electron chi connectivity index (χ0n) is 9.01. The van der Waals surface area contributed by atoms with Gasteiger partial charge in [-0.25, -0.2) is 0 Å². The maximum absolute atomic E-state index is 11.6. The highest BCUT2D eigenvalue weighted by atomic mass is 32.2. The zero-order chi connectivity index (χ0) is 11.3. The lowest BCUT2D eigenvalue weighted by molar-refractivity contribution is -0.130. The first-order valence-corrected chi connectivity index (χ1v) is 6.03. The van der Waals surface area contributed by atoms with Crippen LogP contribution in [0.5, 0.6) is 0 Å². The summed E-state index contributed by atoms with van der Waals surface area (Å²) < 4.78 is 1.55. The summed E-state index contributed by atoms with van der Waals surface area (Å²) in [5.41, 5.74) is 6.08. The molecular formula is C9H16N4OS. The number of hydrogen-bond donors (Lipinski definition) is 1. The molecule has 84 valence electrons. The maximum Gasteiger partial charge on any atom is 0.244 e. The van der Waals surface area contributed by atoms with Crippen LogP contribution in [-0.2, 0) is 11.3 Å². The second kappa shape index (κ2) is 5.65. The number of nitrogens with two attached hydrogens (primary N) is 1. The van der Waals surface area contributed by atoms with E-state index in [0.29, 0.717) is 5.69 Å². The second-order valence-corrected chi connectivity index (χ2v) is 4.26. The first-order chi connectivity index (χ1) is 7.13. The molecule has 1 rings (SSSR count). The van der Waals surface area contributed by atoms with Gasteiger partial charge in [0.2, 0.25) is 5.91 Å². The van der Waals surface area contributed by atoms with Crippen LogP contribution in [0.2, 0.25) is 0 Å². The fourth-order valence-corrected chi connectivity index (χ4v) is 1.53. The molecule has 1 aromatic heterocycles. The van der Waals surface area contributed by atoms with Gasteiger partial charge in [0, 0.05) is 25.5 Å². The summed E-state index contributed by atoms with van der Waals surface area (Å²) in [6.07, 6.45) is 5.21. The third-order valence-corrected chi connectivity index (χ3v) is 2.60. The van der Waals surface area contributed by atoms with Crippen molar-refractivity contribution in [3.63, 3.8) is 0 Å². The van der Waals surface area contributed by atoms with Crippen LogP contribution >= 0.6 is 11.8 Å². The first kappa shape index (κ1) is 11.9. The number of aromatic nitrogens is 2. The van der Waals surface area contributed by atoms with Crippen LogP contribution in [-0.4, -0.2) is 46.2 Å². The highest BCUT2D eigenvalue weighted by Gasteiger charge is 2.09. The van der Waals surface area contributed by atoms with Crippen LogP contribution in [0, 0.1) is 0 Å². The summed E-state index contributed by atoms with van der Waals surface area (Å²) in [5.74, 6) is 0.996. The standard InChI is InChI=1S/C9H16N4OS/c1-12(3-4-15-2)9(14)7-13-6-8(10)5-11-13/h5-6H,3-4,7,10H2,1-2H3. The van der Waals surface area contributed by atoms with Crippen LogP contribution in [0.1, 0.15) is 0 Å². The molecule has 0 aliphatic heterocycles. The molecule has 0 saturated carbocycles. The van der Waals surface area contributed by atoms with E-state index in [1.54, 1.807) is 34.6 Å². The average Bonchev–Trinajstić information content (AvgIpc) is 2.60. The van der Waals surface area contributed by atoms with Crippen molar-refractivity contribution in [3.05, 3.63) is 12.4 Å². The Hall–Kier alpha value is -1.17. The van der Waals surface area contributed by atoms with Crippen molar-refractivity contribution in [3.8, 4) is 0 Å². The van der Waals surface area contributed by atoms with Gasteiger partial charge in [-0.2, -0.15) is 16.9 Å². The van der Waals surface area contributed by atoms with E-state index in [1.807, 2.05) is 6.26 Å². The smallest absolute Gasteiger partial charge is 0.244 e. The Morgan fingerprint density at radius 2 is 2.47 bits per heavy atom. The van der Waals surface area contributed by atoms with Gasteiger partial charge in [0.1, 0.15) is 6.54 Å². The molecule has 0 bridgehead atoms. The topological polar surface area (TPSA) is 64.2 Å². The quantitative estimate of drug-likeness (QED) is 0.786. The number of nitrogen functional groups attached to an aromatic ring is 1. The molecule has 0 radical (unpaired) electrons.